The van der Waals surface area contributed by atoms with Crippen LogP contribution in [-0.4, -0.2) is 31.1 Å². The number of hydrogen-bond donors (Lipinski definition) is 1. The Balaban J connectivity index is 2.47. The minimum atomic E-state index is -1.07. The lowest BCUT2D eigenvalue weighted by Crippen LogP contribution is -2.05. The van der Waals surface area contributed by atoms with Crippen molar-refractivity contribution < 1.29 is 9.90 Å². The van der Waals surface area contributed by atoms with Crippen LogP contribution in [0.2, 0.25) is 0 Å². The van der Waals surface area contributed by atoms with E-state index < -0.39 is 5.97 Å². The quantitative estimate of drug-likeness (QED) is 0.870. The van der Waals surface area contributed by atoms with E-state index in [9.17, 15) is 4.79 Å². The van der Waals surface area contributed by atoms with Crippen LogP contribution in [0.1, 0.15) is 30.3 Å². The van der Waals surface area contributed by atoms with E-state index in [1.54, 1.807) is 29.2 Å². The minimum absolute atomic E-state index is 0.0286. The molecule has 0 bridgehead atoms. The van der Waals surface area contributed by atoms with Gasteiger partial charge in [0.05, 0.1) is 0 Å². The fraction of sp³-hybridized carbons (Fsp3) is 0.333. The number of hydrogen-bond acceptors (Lipinski definition) is 4. The molecule has 0 amide bonds. The van der Waals surface area contributed by atoms with Crippen LogP contribution in [0.3, 0.4) is 0 Å². The van der Waals surface area contributed by atoms with Gasteiger partial charge >= 0.3 is 5.97 Å². The Bertz CT molecular complexity index is 536. The van der Waals surface area contributed by atoms with Crippen molar-refractivity contribution in [2.24, 2.45) is 0 Å². The zero-order chi connectivity index (χ0) is 13.0. The summed E-state index contributed by atoms with van der Waals surface area (Å²) in [6, 6.07) is 3.57. The molecule has 2 aromatic rings. The average molecular weight is 246 g/mol. The molecule has 0 unspecified atom stereocenters. The lowest BCUT2D eigenvalue weighted by Gasteiger charge is -2.05. The van der Waals surface area contributed by atoms with Crippen molar-refractivity contribution in [2.45, 2.75) is 26.3 Å². The van der Waals surface area contributed by atoms with E-state index >= 15 is 0 Å². The van der Waals surface area contributed by atoms with E-state index in [2.05, 4.69) is 22.2 Å². The Kier molecular flexibility index (Phi) is 3.66. The van der Waals surface area contributed by atoms with Crippen LogP contribution in [0.4, 0.5) is 0 Å². The molecular weight excluding hydrogens is 232 g/mol. The molecule has 0 saturated carbocycles. The van der Waals surface area contributed by atoms with Gasteiger partial charge in [-0.1, -0.05) is 18.6 Å². The van der Waals surface area contributed by atoms with Gasteiger partial charge in [-0.15, -0.1) is 5.10 Å². The molecule has 2 heterocycles. The molecule has 94 valence electrons. The number of carbonyl (C=O) groups is 1. The summed E-state index contributed by atoms with van der Waals surface area (Å²) < 4.78 is 1.63. The SMILES string of the molecule is CCCCn1nnc(C(=O)O)c1-c1cccnc1. The van der Waals surface area contributed by atoms with Crippen molar-refractivity contribution >= 4 is 5.97 Å². The van der Waals surface area contributed by atoms with Crippen LogP contribution in [0.25, 0.3) is 11.3 Å². The molecule has 0 spiro atoms. The van der Waals surface area contributed by atoms with Gasteiger partial charge in [0.2, 0.25) is 0 Å². The van der Waals surface area contributed by atoms with Crippen molar-refractivity contribution in [1.82, 2.24) is 20.0 Å². The highest BCUT2D eigenvalue weighted by atomic mass is 16.4. The lowest BCUT2D eigenvalue weighted by atomic mass is 10.1. The summed E-state index contributed by atoms with van der Waals surface area (Å²) in [6.45, 7) is 2.72. The maximum Gasteiger partial charge on any atom is 0.358 e. The number of unbranched alkanes of at least 4 members (excludes halogenated alkanes) is 1. The smallest absolute Gasteiger partial charge is 0.358 e. The summed E-state index contributed by atoms with van der Waals surface area (Å²) in [4.78, 5) is 15.1. The number of carboxylic acids is 1. The zero-order valence-corrected chi connectivity index (χ0v) is 10.1. The van der Waals surface area contributed by atoms with Gasteiger partial charge in [0, 0.05) is 24.5 Å². The number of carboxylic acid groups (broad SMARTS) is 1. The number of rotatable bonds is 5. The monoisotopic (exact) mass is 246 g/mol. The second-order valence-electron chi connectivity index (χ2n) is 3.91. The van der Waals surface area contributed by atoms with Gasteiger partial charge in [-0.2, -0.15) is 0 Å². The molecule has 6 nitrogen and oxygen atoms in total. The summed E-state index contributed by atoms with van der Waals surface area (Å²) >= 11 is 0. The van der Waals surface area contributed by atoms with E-state index in [4.69, 9.17) is 5.11 Å². The number of aryl methyl sites for hydroxylation is 1. The Hall–Kier alpha value is -2.24. The van der Waals surface area contributed by atoms with E-state index in [1.807, 2.05) is 0 Å². The Morgan fingerprint density at radius 3 is 2.94 bits per heavy atom. The maximum atomic E-state index is 11.1. The number of nitrogens with zero attached hydrogens (tertiary/aromatic N) is 4. The molecule has 18 heavy (non-hydrogen) atoms. The summed E-state index contributed by atoms with van der Waals surface area (Å²) in [5.74, 6) is -1.07. The summed E-state index contributed by atoms with van der Waals surface area (Å²) in [5.41, 5.74) is 1.21. The fourth-order valence-corrected chi connectivity index (χ4v) is 1.71. The van der Waals surface area contributed by atoms with E-state index in [0.29, 0.717) is 12.2 Å². The van der Waals surface area contributed by atoms with Gasteiger partial charge in [0.25, 0.3) is 0 Å². The predicted molar refractivity (Wildman–Crippen MR) is 65.1 cm³/mol. The Labute approximate surface area is 104 Å². The first kappa shape index (κ1) is 12.2. The molecule has 1 N–H and O–H groups in total. The van der Waals surface area contributed by atoms with Crippen LogP contribution >= 0.6 is 0 Å². The van der Waals surface area contributed by atoms with E-state index in [1.165, 1.54) is 0 Å². The largest absolute Gasteiger partial charge is 0.476 e. The third-order valence-electron chi connectivity index (χ3n) is 2.60. The Morgan fingerprint density at radius 2 is 2.33 bits per heavy atom. The molecule has 2 aromatic heterocycles. The van der Waals surface area contributed by atoms with Crippen LogP contribution < -0.4 is 0 Å². The van der Waals surface area contributed by atoms with Crippen molar-refractivity contribution in [3.05, 3.63) is 30.2 Å². The van der Waals surface area contributed by atoms with E-state index in [-0.39, 0.29) is 5.69 Å². The Morgan fingerprint density at radius 1 is 1.50 bits per heavy atom. The highest BCUT2D eigenvalue weighted by molar-refractivity contribution is 5.92. The van der Waals surface area contributed by atoms with Gasteiger partial charge < -0.3 is 5.11 Å². The fourth-order valence-electron chi connectivity index (χ4n) is 1.71. The average Bonchev–Trinajstić information content (AvgIpc) is 2.81. The maximum absolute atomic E-state index is 11.1. The van der Waals surface area contributed by atoms with Crippen LogP contribution in [0.15, 0.2) is 24.5 Å². The van der Waals surface area contributed by atoms with Gasteiger partial charge in [-0.25, -0.2) is 9.48 Å². The van der Waals surface area contributed by atoms with E-state index in [0.717, 1.165) is 18.4 Å². The lowest BCUT2D eigenvalue weighted by molar-refractivity contribution is 0.0691. The molecule has 0 aliphatic heterocycles. The van der Waals surface area contributed by atoms with Gasteiger partial charge in [0.1, 0.15) is 5.69 Å². The standard InChI is InChI=1S/C12H14N4O2/c1-2-3-7-16-11(9-5-4-6-13-8-9)10(12(17)18)14-15-16/h4-6,8H,2-3,7H2,1H3,(H,17,18). The van der Waals surface area contributed by atoms with Gasteiger partial charge in [0.15, 0.2) is 5.69 Å². The summed E-state index contributed by atoms with van der Waals surface area (Å²) in [7, 11) is 0. The second-order valence-corrected chi connectivity index (χ2v) is 3.91. The number of aromatic carboxylic acids is 1. The molecule has 0 saturated heterocycles. The third kappa shape index (κ3) is 2.37. The van der Waals surface area contributed by atoms with Crippen molar-refractivity contribution in [3.8, 4) is 11.3 Å². The first-order valence-electron chi connectivity index (χ1n) is 5.81. The van der Waals surface area contributed by atoms with Gasteiger partial charge in [-0.05, 0) is 18.6 Å². The van der Waals surface area contributed by atoms with Crippen LogP contribution in [0.5, 0.6) is 0 Å². The predicted octanol–water partition coefficient (Wildman–Crippen LogP) is 1.84. The van der Waals surface area contributed by atoms with Crippen molar-refractivity contribution in [1.29, 1.82) is 0 Å². The molecule has 0 atom stereocenters. The second kappa shape index (κ2) is 5.39. The molecule has 0 aliphatic carbocycles. The molecule has 0 aliphatic rings. The molecule has 0 radical (unpaired) electrons. The van der Waals surface area contributed by atoms with Crippen LogP contribution in [-0.2, 0) is 6.54 Å². The van der Waals surface area contributed by atoms with Gasteiger partial charge in [-0.3, -0.25) is 4.98 Å². The third-order valence-corrected chi connectivity index (χ3v) is 2.60. The summed E-state index contributed by atoms with van der Waals surface area (Å²) in [5, 5.41) is 16.8. The minimum Gasteiger partial charge on any atom is -0.476 e. The van der Waals surface area contributed by atoms with Crippen molar-refractivity contribution in [2.75, 3.05) is 0 Å². The topological polar surface area (TPSA) is 80.9 Å². The first-order chi connectivity index (χ1) is 8.74. The van der Waals surface area contributed by atoms with Crippen molar-refractivity contribution in [3.63, 3.8) is 0 Å². The normalized spacial score (nSPS) is 10.5. The molecular formula is C12H14N4O2. The number of pyridine rings is 1. The molecule has 0 aromatic carbocycles. The molecule has 0 fully saturated rings. The summed E-state index contributed by atoms with van der Waals surface area (Å²) in [6.07, 6.45) is 5.20. The first-order valence-corrected chi connectivity index (χ1v) is 5.81. The highest BCUT2D eigenvalue weighted by Gasteiger charge is 2.20. The molecule has 2 rings (SSSR count). The zero-order valence-electron chi connectivity index (χ0n) is 10.1. The highest BCUT2D eigenvalue weighted by Crippen LogP contribution is 2.21. The van der Waals surface area contributed by atoms with Crippen LogP contribution in [0, 0.1) is 0 Å². The number of aromatic nitrogens is 4. The molecule has 6 heteroatoms.